The summed E-state index contributed by atoms with van der Waals surface area (Å²) in [5, 5.41) is 12.6. The van der Waals surface area contributed by atoms with E-state index in [1.165, 1.54) is 0 Å². The zero-order valence-electron chi connectivity index (χ0n) is 9.80. The average molecular weight is 232 g/mol. The van der Waals surface area contributed by atoms with Gasteiger partial charge in [-0.2, -0.15) is 0 Å². The van der Waals surface area contributed by atoms with Gasteiger partial charge in [-0.3, -0.25) is 0 Å². The van der Waals surface area contributed by atoms with Gasteiger partial charge in [0.2, 0.25) is 0 Å². The fourth-order valence-electron chi connectivity index (χ4n) is 2.30. The molecule has 0 bridgehead atoms. The predicted octanol–water partition coefficient (Wildman–Crippen LogP) is 1.15. The van der Waals surface area contributed by atoms with Crippen LogP contribution in [0.15, 0.2) is 18.6 Å². The first kappa shape index (κ1) is 10.5. The number of nitrogens with one attached hydrogen (secondary N) is 1. The molecular formula is C12H16N4O. The maximum absolute atomic E-state index is 9.23. The number of aliphatic hydroxyl groups excluding tert-OH is 1. The minimum atomic E-state index is -0.0969. The van der Waals surface area contributed by atoms with Gasteiger partial charge in [0.15, 0.2) is 5.82 Å². The van der Waals surface area contributed by atoms with Crippen molar-refractivity contribution in [2.45, 2.75) is 18.9 Å². The summed E-state index contributed by atoms with van der Waals surface area (Å²) in [6.45, 7) is 0.861. The highest BCUT2D eigenvalue weighted by molar-refractivity contribution is 5.85. The van der Waals surface area contributed by atoms with Crippen LogP contribution < -0.4 is 5.32 Å². The number of hydrogen-bond donors (Lipinski definition) is 2. The quantitative estimate of drug-likeness (QED) is 0.833. The van der Waals surface area contributed by atoms with Crippen LogP contribution in [0, 0.1) is 5.92 Å². The monoisotopic (exact) mass is 232 g/mol. The third-order valence-electron chi connectivity index (χ3n) is 3.41. The fraction of sp³-hybridized carbons (Fsp3) is 0.500. The second-order valence-electron chi connectivity index (χ2n) is 4.75. The molecule has 0 spiro atoms. The molecule has 0 amide bonds. The van der Waals surface area contributed by atoms with Crippen LogP contribution in [0.4, 0.5) is 5.82 Å². The second-order valence-corrected chi connectivity index (χ2v) is 4.75. The molecule has 1 fully saturated rings. The maximum atomic E-state index is 9.23. The first-order chi connectivity index (χ1) is 8.24. The van der Waals surface area contributed by atoms with Gasteiger partial charge in [0.25, 0.3) is 0 Å². The van der Waals surface area contributed by atoms with E-state index in [0.29, 0.717) is 5.92 Å². The summed E-state index contributed by atoms with van der Waals surface area (Å²) in [5.41, 5.74) is 1.99. The van der Waals surface area contributed by atoms with Crippen molar-refractivity contribution >= 4 is 16.9 Å². The van der Waals surface area contributed by atoms with Crippen molar-refractivity contribution in [3.05, 3.63) is 18.6 Å². The van der Waals surface area contributed by atoms with Gasteiger partial charge in [0, 0.05) is 19.8 Å². The Morgan fingerprint density at radius 2 is 2.29 bits per heavy atom. The van der Waals surface area contributed by atoms with Gasteiger partial charge in [0.1, 0.15) is 5.52 Å². The van der Waals surface area contributed by atoms with Crippen molar-refractivity contribution in [3.8, 4) is 0 Å². The van der Waals surface area contributed by atoms with Crippen molar-refractivity contribution in [2.75, 3.05) is 11.9 Å². The Labute approximate surface area is 99.5 Å². The maximum Gasteiger partial charge on any atom is 0.154 e. The topological polar surface area (TPSA) is 63.0 Å². The summed E-state index contributed by atoms with van der Waals surface area (Å²) in [6, 6.07) is 1.96. The summed E-state index contributed by atoms with van der Waals surface area (Å²) in [7, 11) is 1.97. The zero-order valence-corrected chi connectivity index (χ0v) is 9.80. The molecule has 0 radical (unpaired) electrons. The van der Waals surface area contributed by atoms with Crippen LogP contribution in [-0.2, 0) is 7.05 Å². The molecule has 2 aromatic heterocycles. The molecule has 0 unspecified atom stereocenters. The number of fused-ring (bicyclic) bond motifs is 1. The zero-order chi connectivity index (χ0) is 11.8. The van der Waals surface area contributed by atoms with Gasteiger partial charge < -0.3 is 15.0 Å². The van der Waals surface area contributed by atoms with E-state index < -0.39 is 0 Å². The van der Waals surface area contributed by atoms with Gasteiger partial charge in [-0.05, 0) is 24.8 Å². The number of anilines is 1. The van der Waals surface area contributed by atoms with E-state index in [0.717, 1.165) is 36.2 Å². The van der Waals surface area contributed by atoms with Gasteiger partial charge in [0.05, 0.1) is 17.9 Å². The Balaban J connectivity index is 1.76. The van der Waals surface area contributed by atoms with Crippen LogP contribution in [0.2, 0.25) is 0 Å². The van der Waals surface area contributed by atoms with Crippen LogP contribution in [0.5, 0.6) is 0 Å². The van der Waals surface area contributed by atoms with E-state index in [-0.39, 0.29) is 6.10 Å². The van der Waals surface area contributed by atoms with E-state index >= 15 is 0 Å². The SMILES string of the molecule is Cn1cnc2c(NCC3CC(O)C3)nccc21. The molecule has 2 heterocycles. The van der Waals surface area contributed by atoms with Crippen LogP contribution in [0.3, 0.4) is 0 Å². The number of aryl methyl sites for hydroxylation is 1. The minimum absolute atomic E-state index is 0.0969. The smallest absolute Gasteiger partial charge is 0.154 e. The lowest BCUT2D eigenvalue weighted by atomic mass is 9.82. The number of rotatable bonds is 3. The highest BCUT2D eigenvalue weighted by Crippen LogP contribution is 2.28. The number of imidazole rings is 1. The molecule has 0 atom stereocenters. The van der Waals surface area contributed by atoms with Crippen LogP contribution in [0.25, 0.3) is 11.0 Å². The Kier molecular flexibility index (Phi) is 2.48. The molecule has 17 heavy (non-hydrogen) atoms. The van der Waals surface area contributed by atoms with E-state index in [1.54, 1.807) is 12.5 Å². The fourth-order valence-corrected chi connectivity index (χ4v) is 2.30. The molecule has 90 valence electrons. The molecule has 2 N–H and O–H groups in total. The highest BCUT2D eigenvalue weighted by Gasteiger charge is 2.26. The Morgan fingerprint density at radius 1 is 1.47 bits per heavy atom. The molecule has 1 aliphatic rings. The lowest BCUT2D eigenvalue weighted by Crippen LogP contribution is -2.33. The Bertz CT molecular complexity index is 530. The third kappa shape index (κ3) is 1.86. The number of pyridine rings is 1. The molecule has 0 aliphatic heterocycles. The first-order valence-corrected chi connectivity index (χ1v) is 5.92. The van der Waals surface area contributed by atoms with E-state index in [2.05, 4.69) is 15.3 Å². The first-order valence-electron chi connectivity index (χ1n) is 5.92. The summed E-state index contributed by atoms with van der Waals surface area (Å²) in [5.74, 6) is 1.40. The average Bonchev–Trinajstić information content (AvgIpc) is 2.66. The largest absolute Gasteiger partial charge is 0.393 e. The Morgan fingerprint density at radius 3 is 3.06 bits per heavy atom. The van der Waals surface area contributed by atoms with E-state index in [4.69, 9.17) is 0 Å². The number of hydrogen-bond acceptors (Lipinski definition) is 4. The van der Waals surface area contributed by atoms with Crippen molar-refractivity contribution < 1.29 is 5.11 Å². The summed E-state index contributed by atoms with van der Waals surface area (Å²) in [4.78, 5) is 8.66. The summed E-state index contributed by atoms with van der Waals surface area (Å²) < 4.78 is 1.98. The lowest BCUT2D eigenvalue weighted by molar-refractivity contribution is 0.0486. The third-order valence-corrected chi connectivity index (χ3v) is 3.41. The van der Waals surface area contributed by atoms with Crippen molar-refractivity contribution in [1.82, 2.24) is 14.5 Å². The van der Waals surface area contributed by atoms with Crippen LogP contribution in [0.1, 0.15) is 12.8 Å². The van der Waals surface area contributed by atoms with Crippen molar-refractivity contribution in [2.24, 2.45) is 13.0 Å². The molecule has 0 saturated heterocycles. The van der Waals surface area contributed by atoms with E-state index in [1.807, 2.05) is 17.7 Å². The van der Waals surface area contributed by atoms with Crippen LogP contribution >= 0.6 is 0 Å². The van der Waals surface area contributed by atoms with Gasteiger partial charge in [-0.1, -0.05) is 0 Å². The highest BCUT2D eigenvalue weighted by atomic mass is 16.3. The molecule has 5 nitrogen and oxygen atoms in total. The molecular weight excluding hydrogens is 216 g/mol. The predicted molar refractivity (Wildman–Crippen MR) is 65.7 cm³/mol. The number of nitrogens with zero attached hydrogens (tertiary/aromatic N) is 3. The standard InChI is InChI=1S/C12H16N4O/c1-16-7-15-11-10(16)2-3-13-12(11)14-6-8-4-9(17)5-8/h2-3,7-9,17H,4-6H2,1H3,(H,13,14). The molecule has 0 aromatic carbocycles. The molecule has 1 saturated carbocycles. The van der Waals surface area contributed by atoms with Crippen LogP contribution in [-0.4, -0.2) is 32.3 Å². The number of aromatic nitrogens is 3. The molecule has 2 aromatic rings. The summed E-state index contributed by atoms with van der Waals surface area (Å²) in [6.07, 6.45) is 5.28. The number of aliphatic hydroxyl groups is 1. The Hall–Kier alpha value is -1.62. The minimum Gasteiger partial charge on any atom is -0.393 e. The summed E-state index contributed by atoms with van der Waals surface area (Å²) >= 11 is 0. The molecule has 3 rings (SSSR count). The molecule has 1 aliphatic carbocycles. The van der Waals surface area contributed by atoms with Gasteiger partial charge in [-0.25, -0.2) is 9.97 Å². The normalized spacial score (nSPS) is 23.6. The van der Waals surface area contributed by atoms with Crippen molar-refractivity contribution in [1.29, 1.82) is 0 Å². The van der Waals surface area contributed by atoms with Gasteiger partial charge >= 0.3 is 0 Å². The van der Waals surface area contributed by atoms with E-state index in [9.17, 15) is 5.11 Å². The lowest BCUT2D eigenvalue weighted by Gasteiger charge is -2.31. The van der Waals surface area contributed by atoms with Gasteiger partial charge in [-0.15, -0.1) is 0 Å². The van der Waals surface area contributed by atoms with Crippen molar-refractivity contribution in [3.63, 3.8) is 0 Å². The second kappa shape index (κ2) is 4.00. The molecule has 5 heteroatoms.